The second kappa shape index (κ2) is 7.53. The van der Waals surface area contributed by atoms with Crippen molar-refractivity contribution in [3.63, 3.8) is 0 Å². The second-order valence-electron chi connectivity index (χ2n) is 4.90. The Hall–Kier alpha value is -2.22. The van der Waals surface area contributed by atoms with Gasteiger partial charge in [-0.05, 0) is 27.9 Å². The first-order valence-electron chi connectivity index (χ1n) is 6.69. The molecule has 8 heteroatoms. The van der Waals surface area contributed by atoms with Crippen LogP contribution in [0.5, 0.6) is 0 Å². The minimum Gasteiger partial charge on any atom is -0.370 e. The Labute approximate surface area is 123 Å². The van der Waals surface area contributed by atoms with Crippen LogP contribution in [0.4, 0.5) is 11.5 Å². The van der Waals surface area contributed by atoms with Gasteiger partial charge in [-0.1, -0.05) is 0 Å². The number of hydrogen-bond acceptors (Lipinski definition) is 6. The highest BCUT2D eigenvalue weighted by Gasteiger charge is 2.22. The lowest BCUT2D eigenvalue weighted by Crippen LogP contribution is -2.38. The molecule has 0 bridgehead atoms. The van der Waals surface area contributed by atoms with Crippen molar-refractivity contribution in [3.8, 4) is 0 Å². The van der Waals surface area contributed by atoms with Crippen molar-refractivity contribution < 1.29 is 9.72 Å². The fourth-order valence-corrected chi connectivity index (χ4v) is 1.57. The molecule has 1 aromatic heterocycles. The van der Waals surface area contributed by atoms with E-state index in [1.165, 1.54) is 6.07 Å². The normalized spacial score (nSPS) is 12.0. The average molecular weight is 295 g/mol. The Morgan fingerprint density at radius 3 is 2.71 bits per heavy atom. The van der Waals surface area contributed by atoms with Crippen molar-refractivity contribution >= 4 is 17.4 Å². The van der Waals surface area contributed by atoms with Gasteiger partial charge in [-0.15, -0.1) is 0 Å². The zero-order valence-corrected chi connectivity index (χ0v) is 12.7. The summed E-state index contributed by atoms with van der Waals surface area (Å²) in [4.78, 5) is 28.4. The molecule has 0 fully saturated rings. The lowest BCUT2D eigenvalue weighted by molar-refractivity contribution is -0.385. The first-order valence-corrected chi connectivity index (χ1v) is 6.69. The number of nitro groups is 1. The van der Waals surface area contributed by atoms with Crippen LogP contribution in [0, 0.1) is 10.1 Å². The van der Waals surface area contributed by atoms with Gasteiger partial charge in [0, 0.05) is 25.2 Å². The van der Waals surface area contributed by atoms with Crippen LogP contribution in [0.2, 0.25) is 0 Å². The summed E-state index contributed by atoms with van der Waals surface area (Å²) >= 11 is 0. The van der Waals surface area contributed by atoms with E-state index in [9.17, 15) is 14.9 Å². The summed E-state index contributed by atoms with van der Waals surface area (Å²) in [5.41, 5.74) is -0.288. The van der Waals surface area contributed by atoms with Gasteiger partial charge < -0.3 is 15.5 Å². The lowest BCUT2D eigenvalue weighted by Gasteiger charge is -2.20. The minimum atomic E-state index is -0.604. The summed E-state index contributed by atoms with van der Waals surface area (Å²) in [6, 6.07) is 1.53. The Morgan fingerprint density at radius 1 is 1.52 bits per heavy atom. The molecule has 1 amide bonds. The van der Waals surface area contributed by atoms with Crippen LogP contribution in [-0.4, -0.2) is 53.9 Å². The standard InChI is InChI=1S/C13H21N5O3/c1-5-14-12-6-10(11(8-15-12)18(20)21)13(19)16-7-9(2)17(3)4/h6,8-9H,5,7H2,1-4H3,(H,14,15)(H,16,19). The van der Waals surface area contributed by atoms with E-state index in [1.54, 1.807) is 0 Å². The Balaban J connectivity index is 2.94. The molecule has 21 heavy (non-hydrogen) atoms. The third kappa shape index (κ3) is 4.67. The van der Waals surface area contributed by atoms with E-state index >= 15 is 0 Å². The molecule has 0 aromatic carbocycles. The van der Waals surface area contributed by atoms with Crippen molar-refractivity contribution in [1.29, 1.82) is 0 Å². The third-order valence-electron chi connectivity index (χ3n) is 3.12. The quantitative estimate of drug-likeness (QED) is 0.577. The van der Waals surface area contributed by atoms with Crippen molar-refractivity contribution in [2.24, 2.45) is 0 Å². The van der Waals surface area contributed by atoms with Crippen molar-refractivity contribution in [3.05, 3.63) is 27.9 Å². The van der Waals surface area contributed by atoms with Crippen molar-refractivity contribution in [2.45, 2.75) is 19.9 Å². The largest absolute Gasteiger partial charge is 0.370 e. The molecule has 0 aliphatic carbocycles. The van der Waals surface area contributed by atoms with Gasteiger partial charge in [0.1, 0.15) is 17.6 Å². The molecule has 0 saturated carbocycles. The van der Waals surface area contributed by atoms with Crippen LogP contribution >= 0.6 is 0 Å². The number of amides is 1. The van der Waals surface area contributed by atoms with E-state index in [-0.39, 0.29) is 17.3 Å². The van der Waals surface area contributed by atoms with Crippen LogP contribution < -0.4 is 10.6 Å². The van der Waals surface area contributed by atoms with E-state index in [1.807, 2.05) is 32.8 Å². The molecule has 1 aromatic rings. The highest BCUT2D eigenvalue weighted by atomic mass is 16.6. The molecule has 0 aliphatic heterocycles. The number of nitrogens with zero attached hydrogens (tertiary/aromatic N) is 3. The summed E-state index contributed by atoms with van der Waals surface area (Å²) in [6.07, 6.45) is 1.10. The van der Waals surface area contributed by atoms with Crippen LogP contribution in [0.3, 0.4) is 0 Å². The maximum Gasteiger partial charge on any atom is 0.300 e. The monoisotopic (exact) mass is 295 g/mol. The smallest absolute Gasteiger partial charge is 0.300 e. The lowest BCUT2D eigenvalue weighted by atomic mass is 10.2. The molecule has 0 radical (unpaired) electrons. The first kappa shape index (κ1) is 16.8. The zero-order valence-electron chi connectivity index (χ0n) is 12.7. The molecule has 0 aliphatic rings. The third-order valence-corrected chi connectivity index (χ3v) is 3.12. The number of carbonyl (C=O) groups excluding carboxylic acids is 1. The summed E-state index contributed by atoms with van der Waals surface area (Å²) in [5, 5.41) is 16.6. The van der Waals surface area contributed by atoms with Crippen molar-refractivity contribution in [2.75, 3.05) is 32.5 Å². The number of rotatable bonds is 7. The number of nitrogens with one attached hydrogen (secondary N) is 2. The van der Waals surface area contributed by atoms with Gasteiger partial charge in [-0.2, -0.15) is 0 Å². The molecule has 0 spiro atoms. The average Bonchev–Trinajstić information content (AvgIpc) is 2.44. The highest BCUT2D eigenvalue weighted by molar-refractivity contribution is 5.98. The summed E-state index contributed by atoms with van der Waals surface area (Å²) in [6.45, 7) is 4.85. The van der Waals surface area contributed by atoms with Gasteiger partial charge >= 0.3 is 0 Å². The number of hydrogen-bond donors (Lipinski definition) is 2. The number of pyridine rings is 1. The Bertz CT molecular complexity index is 519. The molecule has 1 heterocycles. The Kier molecular flexibility index (Phi) is 6.04. The van der Waals surface area contributed by atoms with Gasteiger partial charge in [-0.3, -0.25) is 14.9 Å². The zero-order chi connectivity index (χ0) is 16.0. The molecule has 1 unspecified atom stereocenters. The predicted octanol–water partition coefficient (Wildman–Crippen LogP) is 1.10. The van der Waals surface area contributed by atoms with Gasteiger partial charge in [0.15, 0.2) is 0 Å². The van der Waals surface area contributed by atoms with Crippen LogP contribution in [0.1, 0.15) is 24.2 Å². The predicted molar refractivity (Wildman–Crippen MR) is 80.5 cm³/mol. The van der Waals surface area contributed by atoms with Gasteiger partial charge in [0.25, 0.3) is 11.6 Å². The molecule has 116 valence electrons. The maximum atomic E-state index is 12.2. The first-order chi connectivity index (χ1) is 9.86. The Morgan fingerprint density at radius 2 is 2.19 bits per heavy atom. The van der Waals surface area contributed by atoms with Crippen LogP contribution in [0.25, 0.3) is 0 Å². The summed E-state index contributed by atoms with van der Waals surface area (Å²) in [7, 11) is 3.80. The molecular weight excluding hydrogens is 274 g/mol. The molecule has 0 saturated heterocycles. The number of carbonyl (C=O) groups is 1. The van der Waals surface area contributed by atoms with Gasteiger partial charge in [0.2, 0.25) is 0 Å². The van der Waals surface area contributed by atoms with E-state index in [0.717, 1.165) is 6.20 Å². The van der Waals surface area contributed by atoms with E-state index in [0.29, 0.717) is 18.9 Å². The molecule has 8 nitrogen and oxygen atoms in total. The SMILES string of the molecule is CCNc1cc(C(=O)NCC(C)N(C)C)c([N+](=O)[O-])cn1. The number of likely N-dealkylation sites (N-methyl/N-ethyl adjacent to an activating group) is 1. The fraction of sp³-hybridized carbons (Fsp3) is 0.538. The maximum absolute atomic E-state index is 12.2. The van der Waals surface area contributed by atoms with Crippen LogP contribution in [-0.2, 0) is 0 Å². The van der Waals surface area contributed by atoms with E-state index in [4.69, 9.17) is 0 Å². The second-order valence-corrected chi connectivity index (χ2v) is 4.90. The summed E-state index contributed by atoms with van der Waals surface area (Å²) < 4.78 is 0. The van der Waals surface area contributed by atoms with Gasteiger partial charge in [0.05, 0.1) is 4.92 Å². The number of anilines is 1. The number of aromatic nitrogens is 1. The van der Waals surface area contributed by atoms with Crippen molar-refractivity contribution in [1.82, 2.24) is 15.2 Å². The van der Waals surface area contributed by atoms with Crippen LogP contribution in [0.15, 0.2) is 12.3 Å². The van der Waals surface area contributed by atoms with E-state index in [2.05, 4.69) is 15.6 Å². The summed E-state index contributed by atoms with van der Waals surface area (Å²) in [5.74, 6) is -0.0362. The van der Waals surface area contributed by atoms with Gasteiger partial charge in [-0.25, -0.2) is 4.98 Å². The topological polar surface area (TPSA) is 100 Å². The fourth-order valence-electron chi connectivity index (χ4n) is 1.57. The molecule has 1 rings (SSSR count). The minimum absolute atomic E-state index is 0.0110. The molecule has 1 atom stereocenters. The van der Waals surface area contributed by atoms with E-state index < -0.39 is 10.8 Å². The molecular formula is C13H21N5O3. The molecule has 2 N–H and O–H groups in total. The highest BCUT2D eigenvalue weighted by Crippen LogP contribution is 2.20.